The summed E-state index contributed by atoms with van der Waals surface area (Å²) in [7, 11) is 4.64. The van der Waals surface area contributed by atoms with E-state index in [9.17, 15) is 14.7 Å². The summed E-state index contributed by atoms with van der Waals surface area (Å²) < 4.78 is 11.3. The Kier molecular flexibility index (Phi) is 4.90. The van der Waals surface area contributed by atoms with Crippen LogP contribution in [0, 0.1) is 0 Å². The second kappa shape index (κ2) is 7.79. The third kappa shape index (κ3) is 3.25. The van der Waals surface area contributed by atoms with Crippen molar-refractivity contribution in [2.24, 2.45) is 14.1 Å². The number of rotatable bonds is 5. The molecule has 1 unspecified atom stereocenters. The number of methoxy groups -OCH3 is 1. The first kappa shape index (κ1) is 20.8. The number of aliphatic hydroxyl groups is 1. The molecule has 9 heteroatoms. The van der Waals surface area contributed by atoms with E-state index in [1.165, 1.54) is 11.6 Å². The molecule has 0 saturated heterocycles. The number of ether oxygens (including phenoxy) is 1. The van der Waals surface area contributed by atoms with Gasteiger partial charge in [0.1, 0.15) is 5.75 Å². The number of hydrogen-bond donors (Lipinski definition) is 1. The fourth-order valence-corrected chi connectivity index (χ4v) is 4.14. The smallest absolute Gasteiger partial charge is 0.332 e. The molecule has 0 bridgehead atoms. The average molecular weight is 445 g/mol. The van der Waals surface area contributed by atoms with E-state index >= 15 is 0 Å². The number of aromatic nitrogens is 5. The lowest BCUT2D eigenvalue weighted by Gasteiger charge is -2.15. The first-order chi connectivity index (χ1) is 15.9. The molecule has 0 spiro atoms. The van der Waals surface area contributed by atoms with E-state index in [1.807, 2.05) is 65.4 Å². The van der Waals surface area contributed by atoms with Gasteiger partial charge in [0, 0.05) is 25.9 Å². The zero-order chi connectivity index (χ0) is 23.3. The fourth-order valence-electron chi connectivity index (χ4n) is 4.14. The van der Waals surface area contributed by atoms with E-state index in [2.05, 4.69) is 4.98 Å². The SMILES string of the molecule is COc1ccc(-c2cn3c4c(=O)n(C)c(=O)n(C)c4nc3n2CC(O)c2ccccc2)cc1. The zero-order valence-corrected chi connectivity index (χ0v) is 18.5. The van der Waals surface area contributed by atoms with Gasteiger partial charge in [-0.1, -0.05) is 30.3 Å². The summed E-state index contributed by atoms with van der Waals surface area (Å²) in [4.78, 5) is 30.0. The predicted molar refractivity (Wildman–Crippen MR) is 125 cm³/mol. The van der Waals surface area contributed by atoms with Crippen molar-refractivity contribution >= 4 is 16.9 Å². The van der Waals surface area contributed by atoms with Gasteiger partial charge in [-0.25, -0.2) is 4.79 Å². The maximum atomic E-state index is 13.0. The molecule has 0 fully saturated rings. The second-order valence-electron chi connectivity index (χ2n) is 7.94. The summed E-state index contributed by atoms with van der Waals surface area (Å²) in [6.45, 7) is 0.208. The molecule has 33 heavy (non-hydrogen) atoms. The van der Waals surface area contributed by atoms with Gasteiger partial charge in [0.05, 0.1) is 25.5 Å². The molecule has 9 nitrogen and oxygen atoms in total. The van der Waals surface area contributed by atoms with Crippen molar-refractivity contribution in [3.63, 3.8) is 0 Å². The molecule has 2 aromatic carbocycles. The quantitative estimate of drug-likeness (QED) is 0.447. The Balaban J connectivity index is 1.78. The van der Waals surface area contributed by atoms with Crippen LogP contribution < -0.4 is 16.0 Å². The molecule has 168 valence electrons. The molecule has 0 aliphatic heterocycles. The van der Waals surface area contributed by atoms with Gasteiger partial charge >= 0.3 is 5.69 Å². The Bertz CT molecular complexity index is 1590. The number of hydrogen-bond acceptors (Lipinski definition) is 5. The van der Waals surface area contributed by atoms with Gasteiger partial charge in [-0.15, -0.1) is 0 Å². The standard InChI is InChI=1S/C24H23N5O4/c1-26-21-20(22(31)27(2)24(26)32)29-13-18(15-9-11-17(33-3)12-10-15)28(23(29)25-21)14-19(30)16-7-5-4-6-8-16/h4-13,19,30H,14H2,1-3H3. The van der Waals surface area contributed by atoms with Crippen LogP contribution in [0.15, 0.2) is 70.4 Å². The van der Waals surface area contributed by atoms with Crippen LogP contribution in [-0.4, -0.2) is 35.3 Å². The molecule has 1 atom stereocenters. The van der Waals surface area contributed by atoms with E-state index in [-0.39, 0.29) is 6.54 Å². The molecule has 1 N–H and O–H groups in total. The lowest BCUT2D eigenvalue weighted by atomic mass is 10.1. The third-order valence-corrected chi connectivity index (χ3v) is 5.98. The summed E-state index contributed by atoms with van der Waals surface area (Å²) in [5.41, 5.74) is 2.13. The molecule has 0 radical (unpaired) electrons. The Morgan fingerprint density at radius 2 is 1.70 bits per heavy atom. The zero-order valence-electron chi connectivity index (χ0n) is 18.5. The molecule has 5 rings (SSSR count). The van der Waals surface area contributed by atoms with Crippen molar-refractivity contribution in [2.45, 2.75) is 12.6 Å². The Labute approximate surface area is 188 Å². The van der Waals surface area contributed by atoms with Gasteiger partial charge in [0.2, 0.25) is 5.78 Å². The highest BCUT2D eigenvalue weighted by atomic mass is 16.5. The van der Waals surface area contributed by atoms with Gasteiger partial charge < -0.3 is 14.4 Å². The van der Waals surface area contributed by atoms with Crippen LogP contribution in [0.3, 0.4) is 0 Å². The molecule has 0 amide bonds. The van der Waals surface area contributed by atoms with E-state index in [0.717, 1.165) is 27.1 Å². The lowest BCUT2D eigenvalue weighted by molar-refractivity contribution is 0.158. The van der Waals surface area contributed by atoms with Crippen LogP contribution in [0.5, 0.6) is 5.75 Å². The number of fused-ring (bicyclic) bond motifs is 3. The van der Waals surface area contributed by atoms with Crippen LogP contribution in [0.4, 0.5) is 0 Å². The van der Waals surface area contributed by atoms with Crippen LogP contribution >= 0.6 is 0 Å². The molecular formula is C24H23N5O4. The highest BCUT2D eigenvalue weighted by Gasteiger charge is 2.22. The monoisotopic (exact) mass is 445 g/mol. The van der Waals surface area contributed by atoms with Crippen molar-refractivity contribution < 1.29 is 9.84 Å². The summed E-state index contributed by atoms with van der Waals surface area (Å²) in [6, 6.07) is 16.9. The number of aliphatic hydroxyl groups excluding tert-OH is 1. The highest BCUT2D eigenvalue weighted by molar-refractivity contribution is 5.78. The van der Waals surface area contributed by atoms with E-state index < -0.39 is 17.4 Å². The molecule has 0 aliphatic carbocycles. The van der Waals surface area contributed by atoms with E-state index in [4.69, 9.17) is 4.74 Å². The molecule has 3 heterocycles. The highest BCUT2D eigenvalue weighted by Crippen LogP contribution is 2.29. The largest absolute Gasteiger partial charge is 0.497 e. The summed E-state index contributed by atoms with van der Waals surface area (Å²) in [5, 5.41) is 11.0. The molecule has 3 aromatic heterocycles. The van der Waals surface area contributed by atoms with Crippen LogP contribution in [0.2, 0.25) is 0 Å². The van der Waals surface area contributed by atoms with Gasteiger partial charge in [-0.05, 0) is 29.8 Å². The maximum Gasteiger partial charge on any atom is 0.332 e. The maximum absolute atomic E-state index is 13.0. The molecular weight excluding hydrogens is 422 g/mol. The molecule has 0 aliphatic rings. The van der Waals surface area contributed by atoms with Crippen LogP contribution in [-0.2, 0) is 20.6 Å². The number of aryl methyl sites for hydroxylation is 1. The average Bonchev–Trinajstić information content (AvgIpc) is 3.39. The summed E-state index contributed by atoms with van der Waals surface area (Å²) in [6.07, 6.45) is 1.02. The molecule has 0 saturated carbocycles. The number of benzene rings is 2. The topological polar surface area (TPSA) is 95.7 Å². The minimum Gasteiger partial charge on any atom is -0.497 e. The Morgan fingerprint density at radius 3 is 2.36 bits per heavy atom. The van der Waals surface area contributed by atoms with Crippen molar-refractivity contribution in [2.75, 3.05) is 7.11 Å². The summed E-state index contributed by atoms with van der Waals surface area (Å²) in [5.74, 6) is 1.18. The number of imidazole rings is 2. The third-order valence-electron chi connectivity index (χ3n) is 5.98. The van der Waals surface area contributed by atoms with Crippen molar-refractivity contribution in [3.05, 3.63) is 87.2 Å². The molecule has 5 aromatic rings. The minimum absolute atomic E-state index is 0.208. The predicted octanol–water partition coefficient (Wildman–Crippen LogP) is 2.10. The Hall–Kier alpha value is -4.11. The van der Waals surface area contributed by atoms with E-state index in [0.29, 0.717) is 16.9 Å². The number of nitrogens with zero attached hydrogens (tertiary/aromatic N) is 5. The minimum atomic E-state index is -0.800. The lowest BCUT2D eigenvalue weighted by Crippen LogP contribution is -2.37. The van der Waals surface area contributed by atoms with Crippen LogP contribution in [0.25, 0.3) is 28.2 Å². The first-order valence-corrected chi connectivity index (χ1v) is 10.5. The van der Waals surface area contributed by atoms with Crippen molar-refractivity contribution in [1.29, 1.82) is 0 Å². The summed E-state index contributed by atoms with van der Waals surface area (Å²) >= 11 is 0. The van der Waals surface area contributed by atoms with Gasteiger partial charge in [0.15, 0.2) is 11.2 Å². The van der Waals surface area contributed by atoms with E-state index in [1.54, 1.807) is 18.6 Å². The van der Waals surface area contributed by atoms with Gasteiger partial charge in [-0.3, -0.25) is 18.3 Å². The first-order valence-electron chi connectivity index (χ1n) is 10.5. The normalized spacial score (nSPS) is 12.5. The second-order valence-corrected chi connectivity index (χ2v) is 7.94. The van der Waals surface area contributed by atoms with Crippen molar-refractivity contribution in [1.82, 2.24) is 23.1 Å². The fraction of sp³-hybridized carbons (Fsp3) is 0.208. The van der Waals surface area contributed by atoms with Crippen LogP contribution in [0.1, 0.15) is 11.7 Å². The van der Waals surface area contributed by atoms with Crippen molar-refractivity contribution in [3.8, 4) is 17.0 Å². The van der Waals surface area contributed by atoms with Gasteiger partial charge in [-0.2, -0.15) is 4.98 Å². The van der Waals surface area contributed by atoms with Gasteiger partial charge in [0.25, 0.3) is 5.56 Å². The Morgan fingerprint density at radius 1 is 1.00 bits per heavy atom.